The summed E-state index contributed by atoms with van der Waals surface area (Å²) < 4.78 is 5.85. The van der Waals surface area contributed by atoms with E-state index in [1.54, 1.807) is 0 Å². The molecular weight excluding hydrogens is 264 g/mol. The number of likely N-dealkylation sites (N-methyl/N-ethyl adjacent to an activating group) is 1. The molecule has 1 saturated carbocycles. The highest BCUT2D eigenvalue weighted by atomic mass is 16.5. The fourth-order valence-electron chi connectivity index (χ4n) is 3.30. The SMILES string of the molecule is CCN(C(=O)COc1cccc2c1CCC2NC)C1CC1. The molecule has 0 spiro atoms. The quantitative estimate of drug-likeness (QED) is 0.873. The minimum atomic E-state index is 0.112. The van der Waals surface area contributed by atoms with Gasteiger partial charge < -0.3 is 15.0 Å². The van der Waals surface area contributed by atoms with Crippen molar-refractivity contribution in [3.63, 3.8) is 0 Å². The summed E-state index contributed by atoms with van der Waals surface area (Å²) >= 11 is 0. The van der Waals surface area contributed by atoms with Crippen LogP contribution in [0.4, 0.5) is 0 Å². The Labute approximate surface area is 126 Å². The molecule has 2 aliphatic rings. The summed E-state index contributed by atoms with van der Waals surface area (Å²) in [4.78, 5) is 14.2. The fraction of sp³-hybridized carbons (Fsp3) is 0.588. The highest BCUT2D eigenvalue weighted by Gasteiger charge is 2.31. The van der Waals surface area contributed by atoms with E-state index in [0.29, 0.717) is 12.1 Å². The van der Waals surface area contributed by atoms with E-state index in [4.69, 9.17) is 4.74 Å². The molecule has 0 heterocycles. The molecule has 4 nitrogen and oxygen atoms in total. The molecule has 0 aromatic heterocycles. The summed E-state index contributed by atoms with van der Waals surface area (Å²) in [5.74, 6) is 0.992. The summed E-state index contributed by atoms with van der Waals surface area (Å²) in [5, 5.41) is 3.33. The van der Waals surface area contributed by atoms with E-state index in [2.05, 4.69) is 11.4 Å². The Morgan fingerprint density at radius 2 is 2.19 bits per heavy atom. The molecule has 1 aromatic rings. The molecular formula is C17H24N2O2. The number of ether oxygens (including phenoxy) is 1. The van der Waals surface area contributed by atoms with Crippen LogP contribution in [-0.4, -0.2) is 37.0 Å². The van der Waals surface area contributed by atoms with E-state index in [1.165, 1.54) is 11.1 Å². The molecule has 21 heavy (non-hydrogen) atoms. The van der Waals surface area contributed by atoms with Gasteiger partial charge >= 0.3 is 0 Å². The van der Waals surface area contributed by atoms with Gasteiger partial charge in [0.25, 0.3) is 5.91 Å². The molecule has 4 heteroatoms. The minimum Gasteiger partial charge on any atom is -0.483 e. The maximum atomic E-state index is 12.2. The van der Waals surface area contributed by atoms with Crippen molar-refractivity contribution in [2.24, 2.45) is 0 Å². The van der Waals surface area contributed by atoms with Crippen LogP contribution in [0.3, 0.4) is 0 Å². The average Bonchev–Trinajstić information content (AvgIpc) is 3.24. The van der Waals surface area contributed by atoms with Crippen LogP contribution in [-0.2, 0) is 11.2 Å². The molecule has 1 N–H and O–H groups in total. The van der Waals surface area contributed by atoms with Gasteiger partial charge in [0, 0.05) is 18.6 Å². The van der Waals surface area contributed by atoms with Crippen molar-refractivity contribution in [1.82, 2.24) is 10.2 Å². The Kier molecular flexibility index (Phi) is 4.15. The second-order valence-corrected chi connectivity index (χ2v) is 5.90. The molecule has 0 saturated heterocycles. The van der Waals surface area contributed by atoms with Crippen molar-refractivity contribution in [3.8, 4) is 5.75 Å². The van der Waals surface area contributed by atoms with E-state index in [1.807, 2.05) is 31.0 Å². The standard InChI is InChI=1S/C17H24N2O2/c1-3-19(12-7-8-12)17(20)11-21-16-6-4-5-13-14(16)9-10-15(13)18-2/h4-6,12,15,18H,3,7-11H2,1-2H3. The normalized spacial score (nSPS) is 20.2. The van der Waals surface area contributed by atoms with Crippen molar-refractivity contribution in [2.45, 2.75) is 44.7 Å². The van der Waals surface area contributed by atoms with Crippen molar-refractivity contribution in [2.75, 3.05) is 20.2 Å². The van der Waals surface area contributed by atoms with Crippen LogP contribution in [0.1, 0.15) is 43.4 Å². The summed E-state index contributed by atoms with van der Waals surface area (Å²) in [6, 6.07) is 7.03. The molecule has 1 fully saturated rings. The van der Waals surface area contributed by atoms with E-state index < -0.39 is 0 Å². The highest BCUT2D eigenvalue weighted by Crippen LogP contribution is 2.36. The molecule has 114 valence electrons. The van der Waals surface area contributed by atoms with Crippen molar-refractivity contribution < 1.29 is 9.53 Å². The smallest absolute Gasteiger partial charge is 0.260 e. The zero-order chi connectivity index (χ0) is 14.8. The molecule has 2 aliphatic carbocycles. The number of fused-ring (bicyclic) bond motifs is 1. The largest absolute Gasteiger partial charge is 0.483 e. The van der Waals surface area contributed by atoms with Crippen LogP contribution in [0, 0.1) is 0 Å². The van der Waals surface area contributed by atoms with Gasteiger partial charge in [-0.2, -0.15) is 0 Å². The molecule has 1 aromatic carbocycles. The van der Waals surface area contributed by atoms with Crippen LogP contribution >= 0.6 is 0 Å². The monoisotopic (exact) mass is 288 g/mol. The topological polar surface area (TPSA) is 41.6 Å². The molecule has 1 atom stereocenters. The zero-order valence-corrected chi connectivity index (χ0v) is 12.9. The maximum absolute atomic E-state index is 12.2. The third-order valence-electron chi connectivity index (χ3n) is 4.58. The van der Waals surface area contributed by atoms with Gasteiger partial charge in [0.2, 0.25) is 0 Å². The lowest BCUT2D eigenvalue weighted by Crippen LogP contribution is -2.36. The lowest BCUT2D eigenvalue weighted by atomic mass is 10.1. The second-order valence-electron chi connectivity index (χ2n) is 5.90. The Morgan fingerprint density at radius 1 is 1.38 bits per heavy atom. The summed E-state index contributed by atoms with van der Waals surface area (Å²) in [7, 11) is 1.99. The van der Waals surface area contributed by atoms with Gasteiger partial charge in [-0.15, -0.1) is 0 Å². The number of carbonyl (C=O) groups is 1. The number of hydrogen-bond acceptors (Lipinski definition) is 3. The molecule has 1 amide bonds. The third kappa shape index (κ3) is 2.91. The van der Waals surface area contributed by atoms with Crippen LogP contribution in [0.15, 0.2) is 18.2 Å². The fourth-order valence-corrected chi connectivity index (χ4v) is 3.30. The summed E-state index contributed by atoms with van der Waals surface area (Å²) in [6.07, 6.45) is 4.41. The molecule has 0 aliphatic heterocycles. The van der Waals surface area contributed by atoms with Crippen molar-refractivity contribution >= 4 is 5.91 Å². The molecule has 1 unspecified atom stereocenters. The van der Waals surface area contributed by atoms with Crippen LogP contribution < -0.4 is 10.1 Å². The summed E-state index contributed by atoms with van der Waals surface area (Å²) in [6.45, 7) is 2.97. The highest BCUT2D eigenvalue weighted by molar-refractivity contribution is 5.78. The minimum absolute atomic E-state index is 0.112. The Balaban J connectivity index is 1.66. The second kappa shape index (κ2) is 6.06. The predicted molar refractivity (Wildman–Crippen MR) is 82.5 cm³/mol. The Hall–Kier alpha value is -1.55. The number of benzene rings is 1. The number of nitrogens with one attached hydrogen (secondary N) is 1. The van der Waals surface area contributed by atoms with E-state index in [0.717, 1.165) is 38.0 Å². The van der Waals surface area contributed by atoms with Gasteiger partial charge in [0.15, 0.2) is 6.61 Å². The lowest BCUT2D eigenvalue weighted by Gasteiger charge is -2.21. The maximum Gasteiger partial charge on any atom is 0.260 e. The van der Waals surface area contributed by atoms with E-state index >= 15 is 0 Å². The van der Waals surface area contributed by atoms with Gasteiger partial charge in [0.1, 0.15) is 5.75 Å². The van der Waals surface area contributed by atoms with Gasteiger partial charge in [-0.25, -0.2) is 0 Å². The number of nitrogens with zero attached hydrogens (tertiary/aromatic N) is 1. The van der Waals surface area contributed by atoms with Gasteiger partial charge in [0.05, 0.1) is 0 Å². The van der Waals surface area contributed by atoms with Crippen LogP contribution in [0.25, 0.3) is 0 Å². The van der Waals surface area contributed by atoms with Crippen molar-refractivity contribution in [1.29, 1.82) is 0 Å². The predicted octanol–water partition coefficient (Wildman–Crippen LogP) is 2.28. The van der Waals surface area contributed by atoms with Gasteiger partial charge in [-0.3, -0.25) is 4.79 Å². The van der Waals surface area contributed by atoms with E-state index in [9.17, 15) is 4.79 Å². The van der Waals surface area contributed by atoms with Crippen LogP contribution in [0.2, 0.25) is 0 Å². The molecule has 3 rings (SSSR count). The molecule has 0 radical (unpaired) electrons. The third-order valence-corrected chi connectivity index (χ3v) is 4.58. The van der Waals surface area contributed by atoms with Gasteiger partial charge in [-0.05, 0) is 56.8 Å². The first-order chi connectivity index (χ1) is 10.2. The Bertz CT molecular complexity index is 526. The first-order valence-electron chi connectivity index (χ1n) is 7.96. The number of rotatable bonds is 6. The number of amides is 1. The van der Waals surface area contributed by atoms with E-state index in [-0.39, 0.29) is 12.5 Å². The number of carbonyl (C=O) groups excluding carboxylic acids is 1. The zero-order valence-electron chi connectivity index (χ0n) is 12.9. The van der Waals surface area contributed by atoms with Crippen molar-refractivity contribution in [3.05, 3.63) is 29.3 Å². The first kappa shape index (κ1) is 14.4. The Morgan fingerprint density at radius 3 is 2.86 bits per heavy atom. The van der Waals surface area contributed by atoms with Crippen LogP contribution in [0.5, 0.6) is 5.75 Å². The average molecular weight is 288 g/mol. The summed E-state index contributed by atoms with van der Waals surface area (Å²) in [5.41, 5.74) is 2.58. The van der Waals surface area contributed by atoms with Gasteiger partial charge in [-0.1, -0.05) is 12.1 Å². The first-order valence-corrected chi connectivity index (χ1v) is 7.96. The molecule has 0 bridgehead atoms. The number of hydrogen-bond donors (Lipinski definition) is 1. The lowest BCUT2D eigenvalue weighted by molar-refractivity contribution is -0.133.